The first-order valence-electron chi connectivity index (χ1n) is 8.07. The molecule has 21 heavy (non-hydrogen) atoms. The zero-order valence-electron chi connectivity index (χ0n) is 13.5. The van der Waals surface area contributed by atoms with Crippen LogP contribution in [0.25, 0.3) is 0 Å². The van der Waals surface area contributed by atoms with Gasteiger partial charge in [-0.05, 0) is 38.0 Å². The normalized spacial score (nSPS) is 29.3. The monoisotopic (exact) mass is 296 g/mol. The highest BCUT2D eigenvalue weighted by Crippen LogP contribution is 2.35. The number of nitrogens with zero attached hydrogens (tertiary/aromatic N) is 2. The Labute approximate surface area is 127 Å². The van der Waals surface area contributed by atoms with Crippen molar-refractivity contribution in [3.63, 3.8) is 0 Å². The summed E-state index contributed by atoms with van der Waals surface area (Å²) in [4.78, 5) is 27.7. The highest BCUT2D eigenvalue weighted by atomic mass is 16.4. The Morgan fingerprint density at radius 2 is 1.67 bits per heavy atom. The van der Waals surface area contributed by atoms with Gasteiger partial charge >= 0.3 is 12.0 Å². The molecule has 2 amide bonds. The Balaban J connectivity index is 1.96. The standard InChI is InChI=1S/C16H28N2O3/c1-4-15(2)7-10-17(11-8-15)14(21)18-9-5-6-16(3,12-18)13(19)20/h4-12H2,1-3H3,(H,19,20). The van der Waals surface area contributed by atoms with E-state index in [-0.39, 0.29) is 6.03 Å². The number of aliphatic carboxylic acids is 1. The van der Waals surface area contributed by atoms with Gasteiger partial charge in [0.05, 0.1) is 5.41 Å². The van der Waals surface area contributed by atoms with Crippen LogP contribution in [-0.2, 0) is 4.79 Å². The number of amides is 2. The first kappa shape index (κ1) is 16.1. The Bertz CT molecular complexity index is 416. The minimum absolute atomic E-state index is 0.0281. The molecule has 2 rings (SSSR count). The predicted molar refractivity (Wildman–Crippen MR) is 81.2 cm³/mol. The highest BCUT2D eigenvalue weighted by molar-refractivity contribution is 5.78. The first-order valence-corrected chi connectivity index (χ1v) is 8.07. The van der Waals surface area contributed by atoms with Crippen molar-refractivity contribution in [3.8, 4) is 0 Å². The maximum absolute atomic E-state index is 12.6. The van der Waals surface area contributed by atoms with E-state index >= 15 is 0 Å². The minimum atomic E-state index is -0.794. The van der Waals surface area contributed by atoms with E-state index in [2.05, 4.69) is 13.8 Å². The maximum Gasteiger partial charge on any atom is 0.320 e. The van der Waals surface area contributed by atoms with Crippen LogP contribution >= 0.6 is 0 Å². The lowest BCUT2D eigenvalue weighted by Gasteiger charge is -2.43. The fraction of sp³-hybridized carbons (Fsp3) is 0.875. The first-order chi connectivity index (χ1) is 9.80. The summed E-state index contributed by atoms with van der Waals surface area (Å²) in [6, 6.07) is 0.0281. The molecule has 5 nitrogen and oxygen atoms in total. The van der Waals surface area contributed by atoms with Gasteiger partial charge in [-0.3, -0.25) is 4.79 Å². The molecule has 2 aliphatic heterocycles. The van der Waals surface area contributed by atoms with E-state index in [1.807, 2.05) is 4.90 Å². The van der Waals surface area contributed by atoms with Crippen molar-refractivity contribution in [1.29, 1.82) is 0 Å². The molecule has 0 aromatic heterocycles. The van der Waals surface area contributed by atoms with Crippen molar-refractivity contribution < 1.29 is 14.7 Å². The summed E-state index contributed by atoms with van der Waals surface area (Å²) in [6.45, 7) is 8.86. The minimum Gasteiger partial charge on any atom is -0.481 e. The van der Waals surface area contributed by atoms with Crippen LogP contribution in [0.5, 0.6) is 0 Å². The number of hydrogen-bond acceptors (Lipinski definition) is 2. The lowest BCUT2D eigenvalue weighted by atomic mass is 9.78. The van der Waals surface area contributed by atoms with Crippen LogP contribution < -0.4 is 0 Å². The molecular formula is C16H28N2O3. The number of carbonyl (C=O) groups excluding carboxylic acids is 1. The van der Waals surface area contributed by atoms with E-state index in [1.165, 1.54) is 0 Å². The van der Waals surface area contributed by atoms with Gasteiger partial charge in [0.1, 0.15) is 0 Å². The lowest BCUT2D eigenvalue weighted by Crippen LogP contribution is -2.54. The molecule has 0 spiro atoms. The molecule has 0 radical (unpaired) electrons. The topological polar surface area (TPSA) is 60.9 Å². The van der Waals surface area contributed by atoms with Crippen LogP contribution in [0.1, 0.15) is 52.9 Å². The fourth-order valence-corrected chi connectivity index (χ4v) is 3.37. The number of piperidine rings is 2. The predicted octanol–water partition coefficient (Wildman–Crippen LogP) is 2.81. The summed E-state index contributed by atoms with van der Waals surface area (Å²) < 4.78 is 0. The summed E-state index contributed by atoms with van der Waals surface area (Å²) in [7, 11) is 0. The molecule has 0 aromatic carbocycles. The zero-order chi connectivity index (χ0) is 15.7. The second-order valence-electron chi connectivity index (χ2n) is 7.32. The molecule has 2 saturated heterocycles. The van der Waals surface area contributed by atoms with Gasteiger partial charge in [0.2, 0.25) is 0 Å². The molecule has 0 saturated carbocycles. The second kappa shape index (κ2) is 5.85. The van der Waals surface area contributed by atoms with Crippen molar-refractivity contribution in [2.24, 2.45) is 10.8 Å². The molecule has 1 atom stereocenters. The summed E-state index contributed by atoms with van der Waals surface area (Å²) in [6.07, 6.45) is 4.66. The fourth-order valence-electron chi connectivity index (χ4n) is 3.37. The van der Waals surface area contributed by atoms with Gasteiger partial charge < -0.3 is 14.9 Å². The molecule has 0 bridgehead atoms. The number of carboxylic acids is 1. The summed E-state index contributed by atoms with van der Waals surface area (Å²) in [5.74, 6) is -0.794. The molecule has 2 heterocycles. The van der Waals surface area contributed by atoms with Crippen molar-refractivity contribution in [2.45, 2.75) is 52.9 Å². The molecule has 1 N–H and O–H groups in total. The van der Waals surface area contributed by atoms with Gasteiger partial charge in [-0.25, -0.2) is 4.79 Å². The van der Waals surface area contributed by atoms with Gasteiger partial charge in [-0.15, -0.1) is 0 Å². The highest BCUT2D eigenvalue weighted by Gasteiger charge is 2.41. The number of carboxylic acid groups (broad SMARTS) is 1. The van der Waals surface area contributed by atoms with Crippen LogP contribution in [0.4, 0.5) is 4.79 Å². The molecule has 1 unspecified atom stereocenters. The second-order valence-corrected chi connectivity index (χ2v) is 7.32. The van der Waals surface area contributed by atoms with E-state index in [9.17, 15) is 14.7 Å². The number of urea groups is 1. The molecule has 5 heteroatoms. The summed E-state index contributed by atoms with van der Waals surface area (Å²) in [5.41, 5.74) is -0.435. The van der Waals surface area contributed by atoms with Crippen LogP contribution in [-0.4, -0.2) is 53.1 Å². The van der Waals surface area contributed by atoms with Gasteiger partial charge in [-0.1, -0.05) is 20.3 Å². The van der Waals surface area contributed by atoms with Crippen LogP contribution in [0.3, 0.4) is 0 Å². The summed E-state index contributed by atoms with van der Waals surface area (Å²) >= 11 is 0. The van der Waals surface area contributed by atoms with Gasteiger partial charge in [0.15, 0.2) is 0 Å². The lowest BCUT2D eigenvalue weighted by molar-refractivity contribution is -0.150. The van der Waals surface area contributed by atoms with Gasteiger partial charge in [0.25, 0.3) is 0 Å². The summed E-state index contributed by atoms with van der Waals surface area (Å²) in [5, 5.41) is 9.36. The van der Waals surface area contributed by atoms with Crippen LogP contribution in [0.15, 0.2) is 0 Å². The van der Waals surface area contributed by atoms with Gasteiger partial charge in [-0.2, -0.15) is 0 Å². The van der Waals surface area contributed by atoms with Gasteiger partial charge in [0, 0.05) is 26.2 Å². The number of likely N-dealkylation sites (tertiary alicyclic amines) is 2. The number of carbonyl (C=O) groups is 2. The van der Waals surface area contributed by atoms with Crippen molar-refractivity contribution in [3.05, 3.63) is 0 Å². The third kappa shape index (κ3) is 3.33. The third-order valence-corrected chi connectivity index (χ3v) is 5.58. The van der Waals surface area contributed by atoms with Crippen LogP contribution in [0.2, 0.25) is 0 Å². The van der Waals surface area contributed by atoms with Crippen LogP contribution in [0, 0.1) is 10.8 Å². The maximum atomic E-state index is 12.6. The van der Waals surface area contributed by atoms with E-state index in [0.717, 1.165) is 38.8 Å². The number of hydrogen-bond donors (Lipinski definition) is 1. The Morgan fingerprint density at radius 3 is 2.19 bits per heavy atom. The third-order valence-electron chi connectivity index (χ3n) is 5.58. The zero-order valence-corrected chi connectivity index (χ0v) is 13.5. The average Bonchev–Trinajstić information content (AvgIpc) is 2.47. The van der Waals surface area contributed by atoms with Crippen molar-refractivity contribution >= 4 is 12.0 Å². The Kier molecular flexibility index (Phi) is 4.49. The van der Waals surface area contributed by atoms with Crippen molar-refractivity contribution in [2.75, 3.05) is 26.2 Å². The molecule has 2 aliphatic rings. The molecule has 0 aliphatic carbocycles. The molecular weight excluding hydrogens is 268 g/mol. The number of rotatable bonds is 2. The Morgan fingerprint density at radius 1 is 1.05 bits per heavy atom. The van der Waals surface area contributed by atoms with E-state index in [1.54, 1.807) is 11.8 Å². The van der Waals surface area contributed by atoms with E-state index < -0.39 is 11.4 Å². The van der Waals surface area contributed by atoms with E-state index in [0.29, 0.717) is 24.9 Å². The Hall–Kier alpha value is -1.26. The molecule has 120 valence electrons. The smallest absolute Gasteiger partial charge is 0.320 e. The largest absolute Gasteiger partial charge is 0.481 e. The molecule has 2 fully saturated rings. The van der Waals surface area contributed by atoms with E-state index in [4.69, 9.17) is 0 Å². The average molecular weight is 296 g/mol. The van der Waals surface area contributed by atoms with Crippen molar-refractivity contribution in [1.82, 2.24) is 9.80 Å². The quantitative estimate of drug-likeness (QED) is 0.852. The SMILES string of the molecule is CCC1(C)CCN(C(=O)N2CCCC(C)(C(=O)O)C2)CC1. The molecule has 0 aromatic rings.